The first-order valence-corrected chi connectivity index (χ1v) is 8.32. The molecule has 1 aromatic carbocycles. The lowest BCUT2D eigenvalue weighted by atomic mass is 10.1. The van der Waals surface area contributed by atoms with Crippen molar-refractivity contribution in [2.75, 3.05) is 6.54 Å². The van der Waals surface area contributed by atoms with Gasteiger partial charge in [-0.25, -0.2) is 0 Å². The maximum atomic E-state index is 5.44. The van der Waals surface area contributed by atoms with Gasteiger partial charge in [0.05, 0.1) is 6.54 Å². The molecule has 1 saturated carbocycles. The maximum Gasteiger partial charge on any atom is 0.0555 e. The van der Waals surface area contributed by atoms with Crippen LogP contribution >= 0.6 is 11.3 Å². The van der Waals surface area contributed by atoms with E-state index in [0.717, 1.165) is 24.7 Å². The fourth-order valence-corrected chi connectivity index (χ4v) is 3.17. The minimum atomic E-state index is 0.413. The third kappa shape index (κ3) is 4.18. The highest BCUT2D eigenvalue weighted by Gasteiger charge is 2.28. The molecule has 3 heteroatoms. The molecular formula is C18H20N2S. The van der Waals surface area contributed by atoms with Gasteiger partial charge in [0.1, 0.15) is 0 Å². The fraction of sp³-hybridized carbons (Fsp3) is 0.333. The fourth-order valence-electron chi connectivity index (χ4n) is 2.51. The Kier molecular flexibility index (Phi) is 4.72. The predicted octanol–water partition coefficient (Wildman–Crippen LogP) is 3.22. The van der Waals surface area contributed by atoms with Crippen molar-refractivity contribution >= 4 is 11.3 Å². The van der Waals surface area contributed by atoms with Crippen molar-refractivity contribution in [3.8, 4) is 11.8 Å². The van der Waals surface area contributed by atoms with Crippen LogP contribution in [-0.2, 0) is 13.1 Å². The molecule has 1 aromatic heterocycles. The number of rotatable bonds is 5. The minimum Gasteiger partial charge on any atom is -0.320 e. The molecule has 108 valence electrons. The Morgan fingerprint density at radius 3 is 2.76 bits per heavy atom. The summed E-state index contributed by atoms with van der Waals surface area (Å²) >= 11 is 1.77. The van der Waals surface area contributed by atoms with Crippen molar-refractivity contribution in [2.24, 2.45) is 5.73 Å². The Labute approximate surface area is 130 Å². The van der Waals surface area contributed by atoms with Crippen molar-refractivity contribution in [1.82, 2.24) is 4.90 Å². The number of nitrogens with two attached hydrogens (primary N) is 1. The molecule has 3 rings (SSSR count). The second kappa shape index (κ2) is 6.91. The van der Waals surface area contributed by atoms with Gasteiger partial charge in [0.2, 0.25) is 0 Å². The van der Waals surface area contributed by atoms with Gasteiger partial charge in [-0.2, -0.15) is 11.3 Å². The minimum absolute atomic E-state index is 0.413. The molecule has 1 aliphatic carbocycles. The van der Waals surface area contributed by atoms with Gasteiger partial charge in [0.25, 0.3) is 0 Å². The molecule has 21 heavy (non-hydrogen) atoms. The first-order chi connectivity index (χ1) is 10.3. The van der Waals surface area contributed by atoms with Crippen molar-refractivity contribution in [3.05, 3.63) is 57.8 Å². The Morgan fingerprint density at radius 2 is 2.05 bits per heavy atom. The van der Waals surface area contributed by atoms with E-state index in [1.807, 2.05) is 6.07 Å². The first-order valence-electron chi connectivity index (χ1n) is 7.38. The van der Waals surface area contributed by atoms with Crippen LogP contribution in [0.2, 0.25) is 0 Å². The molecule has 0 aliphatic heterocycles. The number of hydrogen-bond donors (Lipinski definition) is 1. The van der Waals surface area contributed by atoms with E-state index in [-0.39, 0.29) is 0 Å². The molecule has 0 spiro atoms. The van der Waals surface area contributed by atoms with Crippen LogP contribution in [0.3, 0.4) is 0 Å². The summed E-state index contributed by atoms with van der Waals surface area (Å²) in [5, 5.41) is 4.40. The highest BCUT2D eigenvalue weighted by atomic mass is 32.1. The molecule has 2 aromatic rings. The Morgan fingerprint density at radius 1 is 1.19 bits per heavy atom. The maximum absolute atomic E-state index is 5.44. The third-order valence-corrected chi connectivity index (χ3v) is 4.41. The summed E-state index contributed by atoms with van der Waals surface area (Å²) in [5.41, 5.74) is 9.25. The van der Waals surface area contributed by atoms with Crippen LogP contribution in [0.5, 0.6) is 0 Å². The zero-order valence-electron chi connectivity index (χ0n) is 12.1. The molecule has 2 N–H and O–H groups in total. The van der Waals surface area contributed by atoms with Crippen LogP contribution in [0.1, 0.15) is 29.5 Å². The quantitative estimate of drug-likeness (QED) is 0.858. The van der Waals surface area contributed by atoms with Crippen LogP contribution in [0.25, 0.3) is 0 Å². The predicted molar refractivity (Wildman–Crippen MR) is 89.0 cm³/mol. The van der Waals surface area contributed by atoms with Crippen LogP contribution in [-0.4, -0.2) is 17.5 Å². The van der Waals surface area contributed by atoms with Gasteiger partial charge in [-0.15, -0.1) is 0 Å². The molecule has 0 amide bonds. The molecule has 0 unspecified atom stereocenters. The van der Waals surface area contributed by atoms with Crippen molar-refractivity contribution in [2.45, 2.75) is 32.0 Å². The summed E-state index contributed by atoms with van der Waals surface area (Å²) in [6.07, 6.45) is 2.66. The number of thiophene rings is 1. The van der Waals surface area contributed by atoms with Crippen LogP contribution in [0.15, 0.2) is 41.1 Å². The lowest BCUT2D eigenvalue weighted by Gasteiger charge is -2.21. The zero-order valence-corrected chi connectivity index (χ0v) is 12.9. The van der Waals surface area contributed by atoms with Gasteiger partial charge < -0.3 is 5.73 Å². The van der Waals surface area contributed by atoms with Gasteiger partial charge in [-0.1, -0.05) is 24.0 Å². The third-order valence-electron chi connectivity index (χ3n) is 3.68. The topological polar surface area (TPSA) is 29.3 Å². The van der Waals surface area contributed by atoms with E-state index in [4.69, 9.17) is 5.73 Å². The highest BCUT2D eigenvalue weighted by molar-refractivity contribution is 7.07. The van der Waals surface area contributed by atoms with E-state index in [1.165, 1.54) is 24.0 Å². The summed E-state index contributed by atoms with van der Waals surface area (Å²) in [6.45, 7) is 2.46. The van der Waals surface area contributed by atoms with Gasteiger partial charge in [0, 0.05) is 24.7 Å². The lowest BCUT2D eigenvalue weighted by molar-refractivity contribution is 0.246. The highest BCUT2D eigenvalue weighted by Crippen LogP contribution is 2.30. The largest absolute Gasteiger partial charge is 0.320 e. The van der Waals surface area contributed by atoms with E-state index >= 15 is 0 Å². The SMILES string of the molecule is NCC#Cc1cccc(CN(Cc2ccsc2)C2CC2)c1. The molecule has 0 atom stereocenters. The van der Waals surface area contributed by atoms with E-state index in [0.29, 0.717) is 6.54 Å². The monoisotopic (exact) mass is 296 g/mol. The summed E-state index contributed by atoms with van der Waals surface area (Å²) in [6, 6.07) is 11.5. The van der Waals surface area contributed by atoms with Crippen molar-refractivity contribution < 1.29 is 0 Å². The normalized spacial score (nSPS) is 14.0. The second-order valence-electron chi connectivity index (χ2n) is 5.47. The summed E-state index contributed by atoms with van der Waals surface area (Å²) in [4.78, 5) is 2.58. The summed E-state index contributed by atoms with van der Waals surface area (Å²) in [5.74, 6) is 6.04. The molecular weight excluding hydrogens is 276 g/mol. The van der Waals surface area contributed by atoms with Gasteiger partial charge in [0.15, 0.2) is 0 Å². The number of benzene rings is 1. The Balaban J connectivity index is 1.70. The van der Waals surface area contributed by atoms with Crippen LogP contribution in [0.4, 0.5) is 0 Å². The van der Waals surface area contributed by atoms with Crippen LogP contribution < -0.4 is 5.73 Å². The van der Waals surface area contributed by atoms with Gasteiger partial charge in [-0.05, 0) is 52.9 Å². The molecule has 1 heterocycles. The van der Waals surface area contributed by atoms with Gasteiger partial charge in [-0.3, -0.25) is 4.90 Å². The van der Waals surface area contributed by atoms with Crippen molar-refractivity contribution in [1.29, 1.82) is 0 Å². The molecule has 2 nitrogen and oxygen atoms in total. The average molecular weight is 296 g/mol. The second-order valence-corrected chi connectivity index (χ2v) is 6.25. The zero-order chi connectivity index (χ0) is 14.5. The molecule has 1 fully saturated rings. The Hall–Kier alpha value is -1.60. The van der Waals surface area contributed by atoms with E-state index in [1.54, 1.807) is 11.3 Å². The van der Waals surface area contributed by atoms with E-state index in [2.05, 4.69) is 51.8 Å². The number of hydrogen-bond acceptors (Lipinski definition) is 3. The molecule has 0 saturated heterocycles. The van der Waals surface area contributed by atoms with Crippen LogP contribution in [0, 0.1) is 11.8 Å². The first kappa shape index (κ1) is 14.3. The Bertz CT molecular complexity index is 633. The molecule has 1 aliphatic rings. The molecule has 0 radical (unpaired) electrons. The smallest absolute Gasteiger partial charge is 0.0555 e. The molecule has 0 bridgehead atoms. The number of nitrogens with zero attached hydrogens (tertiary/aromatic N) is 1. The van der Waals surface area contributed by atoms with Crippen molar-refractivity contribution in [3.63, 3.8) is 0 Å². The van der Waals surface area contributed by atoms with E-state index in [9.17, 15) is 0 Å². The average Bonchev–Trinajstić information content (AvgIpc) is 3.23. The summed E-state index contributed by atoms with van der Waals surface area (Å²) < 4.78 is 0. The van der Waals surface area contributed by atoms with Gasteiger partial charge >= 0.3 is 0 Å². The van der Waals surface area contributed by atoms with E-state index < -0.39 is 0 Å². The standard InChI is InChI=1S/C18H20N2S/c19-9-2-5-15-3-1-4-16(11-15)12-20(18-6-7-18)13-17-8-10-21-14-17/h1,3-4,8,10-11,14,18H,6-7,9,12-13,19H2. The lowest BCUT2D eigenvalue weighted by Crippen LogP contribution is -2.24. The summed E-state index contributed by atoms with van der Waals surface area (Å²) in [7, 11) is 0.